The Kier molecular flexibility index (Phi) is 12.5. The highest BCUT2D eigenvalue weighted by molar-refractivity contribution is 5.90. The third kappa shape index (κ3) is 8.67. The molecule has 6 heteroatoms. The molecule has 3 nitrogen and oxygen atoms in total. The second-order valence-corrected chi connectivity index (χ2v) is 7.50. The van der Waals surface area contributed by atoms with Crippen molar-refractivity contribution < 1.29 is 27.4 Å². The van der Waals surface area contributed by atoms with E-state index < -0.39 is 34.7 Å². The zero-order valence-electron chi connectivity index (χ0n) is 18.0. The summed E-state index contributed by atoms with van der Waals surface area (Å²) in [6.07, 6.45) is 12.5. The van der Waals surface area contributed by atoms with Gasteiger partial charge in [0.05, 0.1) is 7.11 Å². The van der Waals surface area contributed by atoms with E-state index in [0.717, 1.165) is 32.8 Å². The van der Waals surface area contributed by atoms with Gasteiger partial charge in [-0.1, -0.05) is 71.6 Å². The molecular weight excluding hydrogens is 381 g/mol. The Bertz CT molecular complexity index is 620. The summed E-state index contributed by atoms with van der Waals surface area (Å²) in [5.41, 5.74) is -0.645. The Morgan fingerprint density at radius 1 is 0.862 bits per heavy atom. The van der Waals surface area contributed by atoms with Crippen LogP contribution >= 0.6 is 0 Å². The third-order valence-corrected chi connectivity index (χ3v) is 5.05. The fourth-order valence-electron chi connectivity index (χ4n) is 3.39. The molecule has 0 aliphatic carbocycles. The van der Waals surface area contributed by atoms with E-state index in [1.807, 2.05) is 6.92 Å². The summed E-state index contributed by atoms with van der Waals surface area (Å²) in [6, 6.07) is 0.525. The van der Waals surface area contributed by atoms with Crippen molar-refractivity contribution in [2.24, 2.45) is 0 Å². The van der Waals surface area contributed by atoms with Gasteiger partial charge in [0, 0.05) is 0 Å². The van der Waals surface area contributed by atoms with Gasteiger partial charge in [0.25, 0.3) is 0 Å². The van der Waals surface area contributed by atoms with Crippen molar-refractivity contribution in [3.63, 3.8) is 0 Å². The molecule has 0 amide bonds. The number of carbonyl (C=O) groups excluding carboxylic acids is 1. The van der Waals surface area contributed by atoms with E-state index >= 15 is 0 Å². The first-order valence-corrected chi connectivity index (χ1v) is 10.9. The Balaban J connectivity index is 2.51. The van der Waals surface area contributed by atoms with Gasteiger partial charge in [0.15, 0.2) is 17.4 Å². The largest absolute Gasteiger partial charge is 0.491 e. The minimum atomic E-state index is -1.46. The molecule has 0 saturated heterocycles. The van der Waals surface area contributed by atoms with Gasteiger partial charge < -0.3 is 9.47 Å². The van der Waals surface area contributed by atoms with Gasteiger partial charge in [-0.05, 0) is 25.3 Å². The number of halogens is 3. The maximum Gasteiger partial charge on any atom is 0.341 e. The fraction of sp³-hybridized carbons (Fsp3) is 0.696. The molecule has 0 spiro atoms. The van der Waals surface area contributed by atoms with Crippen molar-refractivity contribution in [3.05, 3.63) is 29.1 Å². The number of unbranched alkanes of at least 4 members (excludes halogenated alkanes) is 8. The van der Waals surface area contributed by atoms with Crippen LogP contribution in [-0.2, 0) is 4.74 Å². The first kappa shape index (κ1) is 25.3. The molecule has 0 aliphatic heterocycles. The van der Waals surface area contributed by atoms with Crippen LogP contribution in [0.4, 0.5) is 13.2 Å². The number of rotatable bonds is 15. The van der Waals surface area contributed by atoms with E-state index in [4.69, 9.17) is 4.74 Å². The van der Waals surface area contributed by atoms with Gasteiger partial charge in [0.2, 0.25) is 5.82 Å². The lowest BCUT2D eigenvalue weighted by Gasteiger charge is -2.18. The van der Waals surface area contributed by atoms with Crippen molar-refractivity contribution in [1.82, 2.24) is 0 Å². The van der Waals surface area contributed by atoms with Crippen LogP contribution in [-0.4, -0.2) is 19.2 Å². The number of hydrogen-bond donors (Lipinski definition) is 0. The molecule has 1 aromatic rings. The van der Waals surface area contributed by atoms with Gasteiger partial charge in [0.1, 0.15) is 11.7 Å². The van der Waals surface area contributed by atoms with Gasteiger partial charge in [-0.25, -0.2) is 13.6 Å². The summed E-state index contributed by atoms with van der Waals surface area (Å²) < 4.78 is 51.4. The number of esters is 1. The normalized spacial score (nSPS) is 12.1. The Morgan fingerprint density at radius 3 is 2.00 bits per heavy atom. The highest BCUT2D eigenvalue weighted by Gasteiger charge is 2.26. The standard InChI is InChI=1S/C23H35F3O3/c1-4-6-7-8-9-10-11-12-13-15-17(14-5-2)29-23(27)18-16-19(24)21(26)22(28-3)20(18)25/h16-17H,4-15H2,1-3H3. The second kappa shape index (κ2) is 14.3. The van der Waals surface area contributed by atoms with Crippen LogP contribution in [0, 0.1) is 17.5 Å². The number of carbonyl (C=O) groups is 1. The van der Waals surface area contributed by atoms with E-state index in [9.17, 15) is 18.0 Å². The minimum absolute atomic E-state index is 0.365. The number of ether oxygens (including phenoxy) is 2. The molecular formula is C23H35F3O3. The first-order valence-electron chi connectivity index (χ1n) is 10.9. The molecule has 0 heterocycles. The molecule has 29 heavy (non-hydrogen) atoms. The van der Waals surface area contributed by atoms with Gasteiger partial charge >= 0.3 is 5.97 Å². The highest BCUT2D eigenvalue weighted by Crippen LogP contribution is 2.28. The van der Waals surface area contributed by atoms with Crippen molar-refractivity contribution >= 4 is 5.97 Å². The average molecular weight is 417 g/mol. The van der Waals surface area contributed by atoms with E-state index in [1.54, 1.807) is 0 Å². The molecule has 1 unspecified atom stereocenters. The number of hydrogen-bond acceptors (Lipinski definition) is 3. The lowest BCUT2D eigenvalue weighted by atomic mass is 10.0. The van der Waals surface area contributed by atoms with Crippen LogP contribution in [0.5, 0.6) is 5.75 Å². The summed E-state index contributed by atoms with van der Waals surface area (Å²) in [5.74, 6) is -5.95. The van der Waals surface area contributed by atoms with E-state index in [0.29, 0.717) is 18.9 Å². The Morgan fingerprint density at radius 2 is 1.45 bits per heavy atom. The highest BCUT2D eigenvalue weighted by atomic mass is 19.2. The molecule has 0 bridgehead atoms. The van der Waals surface area contributed by atoms with Crippen LogP contribution < -0.4 is 4.74 Å². The molecule has 0 aromatic heterocycles. The molecule has 0 saturated carbocycles. The average Bonchev–Trinajstić information content (AvgIpc) is 2.70. The Labute approximate surface area is 173 Å². The lowest BCUT2D eigenvalue weighted by molar-refractivity contribution is 0.0247. The van der Waals surface area contributed by atoms with Crippen LogP contribution in [0.3, 0.4) is 0 Å². The predicted octanol–water partition coefficient (Wildman–Crippen LogP) is 7.36. The van der Waals surface area contributed by atoms with Crippen molar-refractivity contribution in [1.29, 1.82) is 0 Å². The SMILES string of the molecule is CCCCCCCCCCCC(CCC)OC(=O)c1cc(F)c(F)c(OC)c1F. The van der Waals surface area contributed by atoms with Crippen LogP contribution in [0.25, 0.3) is 0 Å². The Hall–Kier alpha value is -1.72. The van der Waals surface area contributed by atoms with Crippen molar-refractivity contribution in [2.45, 2.75) is 97.0 Å². The predicted molar refractivity (Wildman–Crippen MR) is 109 cm³/mol. The molecule has 166 valence electrons. The van der Waals surface area contributed by atoms with E-state index in [2.05, 4.69) is 11.7 Å². The first-order chi connectivity index (χ1) is 14.0. The third-order valence-electron chi connectivity index (χ3n) is 5.05. The second-order valence-electron chi connectivity index (χ2n) is 7.50. The van der Waals surface area contributed by atoms with Crippen LogP contribution in [0.15, 0.2) is 6.07 Å². The van der Waals surface area contributed by atoms with E-state index in [-0.39, 0.29) is 6.10 Å². The summed E-state index contributed by atoms with van der Waals surface area (Å²) >= 11 is 0. The molecule has 0 N–H and O–H groups in total. The molecule has 1 rings (SSSR count). The summed E-state index contributed by atoms with van der Waals surface area (Å²) in [5, 5.41) is 0. The van der Waals surface area contributed by atoms with E-state index in [1.165, 1.54) is 38.5 Å². The fourth-order valence-corrected chi connectivity index (χ4v) is 3.39. The van der Waals surface area contributed by atoms with Gasteiger partial charge in [-0.15, -0.1) is 0 Å². The maximum absolute atomic E-state index is 14.3. The van der Waals surface area contributed by atoms with Crippen LogP contribution in [0.1, 0.15) is 101 Å². The molecule has 0 radical (unpaired) electrons. The quantitative estimate of drug-likeness (QED) is 0.170. The molecule has 0 aliphatic rings. The smallest absolute Gasteiger partial charge is 0.341 e. The topological polar surface area (TPSA) is 35.5 Å². The zero-order chi connectivity index (χ0) is 21.6. The minimum Gasteiger partial charge on any atom is -0.491 e. The maximum atomic E-state index is 14.3. The number of methoxy groups -OCH3 is 1. The molecule has 1 aromatic carbocycles. The van der Waals surface area contributed by atoms with Gasteiger partial charge in [-0.2, -0.15) is 4.39 Å². The molecule has 1 atom stereocenters. The summed E-state index contributed by atoms with van der Waals surface area (Å²) in [7, 11) is 1.01. The van der Waals surface area contributed by atoms with Crippen molar-refractivity contribution in [3.8, 4) is 5.75 Å². The monoisotopic (exact) mass is 416 g/mol. The van der Waals surface area contributed by atoms with Crippen LogP contribution in [0.2, 0.25) is 0 Å². The zero-order valence-corrected chi connectivity index (χ0v) is 18.0. The van der Waals surface area contributed by atoms with Crippen molar-refractivity contribution in [2.75, 3.05) is 7.11 Å². The van der Waals surface area contributed by atoms with Gasteiger partial charge in [-0.3, -0.25) is 0 Å². The number of benzene rings is 1. The molecule has 0 fully saturated rings. The summed E-state index contributed by atoms with van der Waals surface area (Å²) in [4.78, 5) is 12.3. The lowest BCUT2D eigenvalue weighted by Crippen LogP contribution is -2.20. The summed E-state index contributed by atoms with van der Waals surface area (Å²) in [6.45, 7) is 4.18.